The van der Waals surface area contributed by atoms with Crippen molar-refractivity contribution in [1.29, 1.82) is 0 Å². The summed E-state index contributed by atoms with van der Waals surface area (Å²) >= 11 is 0. The molecular formula is C17H28N4. The van der Waals surface area contributed by atoms with Gasteiger partial charge < -0.3 is 10.2 Å². The Kier molecular flexibility index (Phi) is 4.76. The van der Waals surface area contributed by atoms with Gasteiger partial charge in [-0.25, -0.2) is 4.98 Å². The fourth-order valence-electron chi connectivity index (χ4n) is 3.55. The minimum Gasteiger partial charge on any atom is -0.354 e. The minimum absolute atomic E-state index is 0.402. The van der Waals surface area contributed by atoms with Gasteiger partial charge in [0.05, 0.1) is 0 Å². The maximum absolute atomic E-state index is 4.62. The third-order valence-electron chi connectivity index (χ3n) is 4.88. The number of nitrogens with zero attached hydrogens (tertiary/aromatic N) is 3. The van der Waals surface area contributed by atoms with Crippen molar-refractivity contribution >= 4 is 5.82 Å². The van der Waals surface area contributed by atoms with Gasteiger partial charge in [-0.2, -0.15) is 0 Å². The molecule has 0 bridgehead atoms. The van der Waals surface area contributed by atoms with E-state index in [-0.39, 0.29) is 0 Å². The van der Waals surface area contributed by atoms with Gasteiger partial charge in [0.1, 0.15) is 5.82 Å². The van der Waals surface area contributed by atoms with Gasteiger partial charge in [0, 0.05) is 37.9 Å². The number of nitrogens with one attached hydrogen (secondary N) is 1. The third-order valence-corrected chi connectivity index (χ3v) is 4.88. The molecule has 3 rings (SSSR count). The van der Waals surface area contributed by atoms with Crippen molar-refractivity contribution in [3.63, 3.8) is 0 Å². The van der Waals surface area contributed by atoms with Crippen LogP contribution in [0.25, 0.3) is 0 Å². The number of rotatable bonds is 5. The van der Waals surface area contributed by atoms with E-state index in [4.69, 9.17) is 0 Å². The van der Waals surface area contributed by atoms with E-state index in [1.54, 1.807) is 0 Å². The molecule has 1 N–H and O–H groups in total. The summed E-state index contributed by atoms with van der Waals surface area (Å²) in [5, 5.41) is 3.56. The van der Waals surface area contributed by atoms with Gasteiger partial charge in [-0.15, -0.1) is 0 Å². The Hall–Kier alpha value is -1.13. The molecule has 1 aromatic heterocycles. The topological polar surface area (TPSA) is 31.4 Å². The molecule has 116 valence electrons. The van der Waals surface area contributed by atoms with Gasteiger partial charge in [-0.3, -0.25) is 4.90 Å². The van der Waals surface area contributed by atoms with E-state index in [9.17, 15) is 0 Å². The number of anilines is 1. The second-order valence-corrected chi connectivity index (χ2v) is 6.40. The summed E-state index contributed by atoms with van der Waals surface area (Å²) in [5.74, 6) is 1.16. The molecule has 4 heteroatoms. The highest BCUT2D eigenvalue weighted by Gasteiger charge is 2.31. The number of piperazine rings is 1. The van der Waals surface area contributed by atoms with Gasteiger partial charge in [0.15, 0.2) is 0 Å². The van der Waals surface area contributed by atoms with Crippen molar-refractivity contribution in [1.82, 2.24) is 15.2 Å². The van der Waals surface area contributed by atoms with Crippen LogP contribution >= 0.6 is 0 Å². The minimum atomic E-state index is 0.402. The smallest absolute Gasteiger partial charge is 0.128 e. The molecular weight excluding hydrogens is 260 g/mol. The Labute approximate surface area is 128 Å². The second kappa shape index (κ2) is 6.75. The van der Waals surface area contributed by atoms with Crippen molar-refractivity contribution in [3.8, 4) is 0 Å². The Balaban J connectivity index is 1.68. The van der Waals surface area contributed by atoms with Crippen LogP contribution in [0.4, 0.5) is 5.82 Å². The zero-order chi connectivity index (χ0) is 14.7. The number of hydrogen-bond acceptors (Lipinski definition) is 4. The van der Waals surface area contributed by atoms with Crippen molar-refractivity contribution in [3.05, 3.63) is 23.9 Å². The van der Waals surface area contributed by atoms with Crippen LogP contribution in [0.1, 0.15) is 44.7 Å². The van der Waals surface area contributed by atoms with Crippen LogP contribution in [0.5, 0.6) is 0 Å². The van der Waals surface area contributed by atoms with E-state index in [1.807, 2.05) is 6.20 Å². The first-order valence-electron chi connectivity index (χ1n) is 8.46. The number of pyridine rings is 1. The van der Waals surface area contributed by atoms with Crippen LogP contribution in [0.3, 0.4) is 0 Å². The summed E-state index contributed by atoms with van der Waals surface area (Å²) in [5.41, 5.74) is 1.35. The standard InChI is InChI=1S/C17H28N4/c1-3-7-18-14(2)15-6-8-19-17(12-15)21-11-10-20-9-4-5-16(20)13-21/h6,8,12,14,16,18H,3-5,7,9-11,13H2,1-2H3. The largest absolute Gasteiger partial charge is 0.354 e. The Morgan fingerprint density at radius 1 is 1.38 bits per heavy atom. The molecule has 3 heterocycles. The summed E-state index contributed by atoms with van der Waals surface area (Å²) in [6, 6.07) is 5.57. The zero-order valence-electron chi connectivity index (χ0n) is 13.4. The van der Waals surface area contributed by atoms with Gasteiger partial charge in [-0.05, 0) is 57.0 Å². The maximum atomic E-state index is 4.62. The average Bonchev–Trinajstić information content (AvgIpc) is 3.00. The van der Waals surface area contributed by atoms with Gasteiger partial charge in [0.25, 0.3) is 0 Å². The fraction of sp³-hybridized carbons (Fsp3) is 0.706. The van der Waals surface area contributed by atoms with Crippen LogP contribution in [-0.2, 0) is 0 Å². The van der Waals surface area contributed by atoms with Gasteiger partial charge in [-0.1, -0.05) is 6.92 Å². The molecule has 2 unspecified atom stereocenters. The second-order valence-electron chi connectivity index (χ2n) is 6.40. The highest BCUT2D eigenvalue weighted by Crippen LogP contribution is 2.25. The molecule has 1 aromatic rings. The lowest BCUT2D eigenvalue weighted by atomic mass is 10.1. The quantitative estimate of drug-likeness (QED) is 0.901. The highest BCUT2D eigenvalue weighted by atomic mass is 15.3. The molecule has 21 heavy (non-hydrogen) atoms. The Bertz CT molecular complexity index is 462. The SMILES string of the molecule is CCCNC(C)c1ccnc(N2CCN3CCCC3C2)c1. The lowest BCUT2D eigenvalue weighted by Gasteiger charge is -2.38. The maximum Gasteiger partial charge on any atom is 0.128 e. The zero-order valence-corrected chi connectivity index (χ0v) is 13.4. The van der Waals surface area contributed by atoms with E-state index in [0.29, 0.717) is 6.04 Å². The summed E-state index contributed by atoms with van der Waals surface area (Å²) in [4.78, 5) is 9.74. The third kappa shape index (κ3) is 3.38. The van der Waals surface area contributed by atoms with Crippen molar-refractivity contribution in [2.75, 3.05) is 37.6 Å². The number of fused-ring (bicyclic) bond motifs is 1. The molecule has 2 aliphatic heterocycles. The molecule has 0 amide bonds. The first-order chi connectivity index (χ1) is 10.3. The first-order valence-corrected chi connectivity index (χ1v) is 8.46. The molecule has 0 saturated carbocycles. The highest BCUT2D eigenvalue weighted by molar-refractivity contribution is 5.42. The van der Waals surface area contributed by atoms with E-state index >= 15 is 0 Å². The molecule has 0 spiro atoms. The number of aromatic nitrogens is 1. The van der Waals surface area contributed by atoms with Crippen molar-refractivity contribution in [2.45, 2.75) is 45.2 Å². The van der Waals surface area contributed by atoms with Gasteiger partial charge in [0.2, 0.25) is 0 Å². The summed E-state index contributed by atoms with van der Waals surface area (Å²) in [6.45, 7) is 10.3. The normalized spacial score (nSPS) is 24.1. The molecule has 0 aromatic carbocycles. The van der Waals surface area contributed by atoms with Crippen LogP contribution in [0.15, 0.2) is 18.3 Å². The molecule has 2 fully saturated rings. The molecule has 4 nitrogen and oxygen atoms in total. The Morgan fingerprint density at radius 3 is 3.14 bits per heavy atom. The summed E-state index contributed by atoms with van der Waals surface area (Å²) in [7, 11) is 0. The predicted molar refractivity (Wildman–Crippen MR) is 87.8 cm³/mol. The molecule has 2 atom stereocenters. The van der Waals surface area contributed by atoms with Crippen LogP contribution < -0.4 is 10.2 Å². The fourth-order valence-corrected chi connectivity index (χ4v) is 3.55. The van der Waals surface area contributed by atoms with E-state index in [2.05, 4.69) is 46.1 Å². The molecule has 2 saturated heterocycles. The number of hydrogen-bond donors (Lipinski definition) is 1. The Morgan fingerprint density at radius 2 is 2.29 bits per heavy atom. The molecule has 0 aliphatic carbocycles. The summed E-state index contributed by atoms with van der Waals surface area (Å²) in [6.07, 6.45) is 5.86. The van der Waals surface area contributed by atoms with Crippen LogP contribution in [0.2, 0.25) is 0 Å². The summed E-state index contributed by atoms with van der Waals surface area (Å²) < 4.78 is 0. The van der Waals surface area contributed by atoms with Crippen LogP contribution in [0, 0.1) is 0 Å². The molecule has 0 radical (unpaired) electrons. The van der Waals surface area contributed by atoms with E-state index < -0.39 is 0 Å². The van der Waals surface area contributed by atoms with Gasteiger partial charge >= 0.3 is 0 Å². The monoisotopic (exact) mass is 288 g/mol. The van der Waals surface area contributed by atoms with E-state index in [1.165, 1.54) is 37.9 Å². The first kappa shape index (κ1) is 14.8. The lowest BCUT2D eigenvalue weighted by molar-refractivity contribution is 0.230. The van der Waals surface area contributed by atoms with Crippen molar-refractivity contribution < 1.29 is 0 Å². The molecule has 2 aliphatic rings. The van der Waals surface area contributed by atoms with Crippen molar-refractivity contribution in [2.24, 2.45) is 0 Å². The predicted octanol–water partition coefficient (Wildman–Crippen LogP) is 2.43. The van der Waals surface area contributed by atoms with Crippen LogP contribution in [-0.4, -0.2) is 48.6 Å². The lowest BCUT2D eigenvalue weighted by Crippen LogP contribution is -2.50. The van der Waals surface area contributed by atoms with E-state index in [0.717, 1.165) is 31.5 Å². The average molecular weight is 288 g/mol.